The predicted molar refractivity (Wildman–Crippen MR) is 79.5 cm³/mol. The summed E-state index contributed by atoms with van der Waals surface area (Å²) in [7, 11) is 1.26. The Balaban J connectivity index is 1.78. The molecule has 1 N–H and O–H groups in total. The Hall–Kier alpha value is -2.31. The van der Waals surface area contributed by atoms with Gasteiger partial charge in [-0.2, -0.15) is 0 Å². The number of rotatable bonds is 3. The fourth-order valence-electron chi connectivity index (χ4n) is 3.47. The zero-order valence-corrected chi connectivity index (χ0v) is 13.3. The van der Waals surface area contributed by atoms with Gasteiger partial charge >= 0.3 is 12.0 Å². The number of imide groups is 1. The van der Waals surface area contributed by atoms with Gasteiger partial charge in [0.1, 0.15) is 11.3 Å². The van der Waals surface area contributed by atoms with Crippen molar-refractivity contribution in [3.63, 3.8) is 0 Å². The topological polar surface area (TPSA) is 88.9 Å². The summed E-state index contributed by atoms with van der Waals surface area (Å²) in [6.45, 7) is 2.01. The van der Waals surface area contributed by atoms with Crippen LogP contribution in [0.5, 0.6) is 0 Å². The third-order valence-corrected chi connectivity index (χ3v) is 4.86. The SMILES string of the molecule is COC(=O)c1ccc(CN2C(=O)N[C@@]3(CCCC[C@@H]3C)C2=O)o1. The van der Waals surface area contributed by atoms with E-state index >= 15 is 0 Å². The second kappa shape index (κ2) is 5.72. The molecule has 1 saturated heterocycles. The number of amides is 3. The van der Waals surface area contributed by atoms with E-state index in [1.54, 1.807) is 6.07 Å². The molecule has 1 aromatic heterocycles. The van der Waals surface area contributed by atoms with Gasteiger partial charge in [-0.15, -0.1) is 0 Å². The first kappa shape index (κ1) is 15.6. The van der Waals surface area contributed by atoms with Crippen molar-refractivity contribution in [2.75, 3.05) is 7.11 Å². The van der Waals surface area contributed by atoms with Gasteiger partial charge in [0, 0.05) is 0 Å². The van der Waals surface area contributed by atoms with Gasteiger partial charge < -0.3 is 14.5 Å². The lowest BCUT2D eigenvalue weighted by Crippen LogP contribution is -2.53. The minimum absolute atomic E-state index is 0.0101. The van der Waals surface area contributed by atoms with Gasteiger partial charge in [0.2, 0.25) is 5.76 Å². The first-order chi connectivity index (χ1) is 11.0. The van der Waals surface area contributed by atoms with Crippen molar-refractivity contribution in [1.82, 2.24) is 10.2 Å². The smallest absolute Gasteiger partial charge is 0.373 e. The summed E-state index contributed by atoms with van der Waals surface area (Å²) < 4.78 is 9.92. The molecule has 0 radical (unpaired) electrons. The second-order valence-corrected chi connectivity index (χ2v) is 6.20. The molecule has 1 aromatic rings. The Morgan fingerprint density at radius 3 is 2.91 bits per heavy atom. The van der Waals surface area contributed by atoms with Crippen LogP contribution in [0.2, 0.25) is 0 Å². The van der Waals surface area contributed by atoms with Crippen molar-refractivity contribution in [3.05, 3.63) is 23.7 Å². The quantitative estimate of drug-likeness (QED) is 0.680. The molecule has 1 aliphatic carbocycles. The van der Waals surface area contributed by atoms with Crippen LogP contribution in [0, 0.1) is 5.92 Å². The Morgan fingerprint density at radius 1 is 1.43 bits per heavy atom. The molecule has 124 valence electrons. The van der Waals surface area contributed by atoms with Gasteiger partial charge in [0.15, 0.2) is 0 Å². The molecule has 1 saturated carbocycles. The van der Waals surface area contributed by atoms with Crippen LogP contribution in [-0.2, 0) is 16.1 Å². The van der Waals surface area contributed by atoms with Gasteiger partial charge in [-0.3, -0.25) is 9.69 Å². The third-order valence-electron chi connectivity index (χ3n) is 4.86. The predicted octanol–water partition coefficient (Wildman–Crippen LogP) is 2.07. The lowest BCUT2D eigenvalue weighted by Gasteiger charge is -2.36. The largest absolute Gasteiger partial charge is 0.463 e. The number of nitrogens with zero attached hydrogens (tertiary/aromatic N) is 1. The molecule has 1 aliphatic heterocycles. The van der Waals surface area contributed by atoms with Crippen LogP contribution in [0.25, 0.3) is 0 Å². The molecule has 2 fully saturated rings. The zero-order chi connectivity index (χ0) is 16.6. The molecule has 7 nitrogen and oxygen atoms in total. The lowest BCUT2D eigenvalue weighted by molar-refractivity contribution is -0.134. The molecule has 1 spiro atoms. The van der Waals surface area contributed by atoms with E-state index in [9.17, 15) is 14.4 Å². The summed E-state index contributed by atoms with van der Waals surface area (Å²) in [5.74, 6) is -0.263. The highest BCUT2D eigenvalue weighted by molar-refractivity contribution is 6.07. The summed E-state index contributed by atoms with van der Waals surface area (Å²) in [4.78, 5) is 37.6. The van der Waals surface area contributed by atoms with Crippen LogP contribution in [-0.4, -0.2) is 35.5 Å². The molecular formula is C16H20N2O5. The van der Waals surface area contributed by atoms with Gasteiger partial charge in [0.05, 0.1) is 13.7 Å². The number of esters is 1. The van der Waals surface area contributed by atoms with Crippen molar-refractivity contribution in [2.45, 2.75) is 44.7 Å². The van der Waals surface area contributed by atoms with Crippen molar-refractivity contribution < 1.29 is 23.5 Å². The van der Waals surface area contributed by atoms with Crippen LogP contribution in [0.3, 0.4) is 0 Å². The number of nitrogens with one attached hydrogen (secondary N) is 1. The molecular weight excluding hydrogens is 300 g/mol. The monoisotopic (exact) mass is 320 g/mol. The molecule has 2 heterocycles. The van der Waals surface area contributed by atoms with Gasteiger partial charge in [-0.1, -0.05) is 19.8 Å². The molecule has 23 heavy (non-hydrogen) atoms. The first-order valence-electron chi connectivity index (χ1n) is 7.79. The van der Waals surface area contributed by atoms with Gasteiger partial charge in [-0.05, 0) is 30.9 Å². The average Bonchev–Trinajstić information content (AvgIpc) is 3.09. The number of urea groups is 1. The number of carbonyl (C=O) groups is 3. The van der Waals surface area contributed by atoms with E-state index in [-0.39, 0.29) is 24.1 Å². The number of ether oxygens (including phenoxy) is 1. The number of hydrogen-bond donors (Lipinski definition) is 1. The Labute approximate surface area is 134 Å². The van der Waals surface area contributed by atoms with Crippen LogP contribution >= 0.6 is 0 Å². The zero-order valence-electron chi connectivity index (χ0n) is 13.3. The molecule has 0 unspecified atom stereocenters. The molecule has 3 rings (SSSR count). The van der Waals surface area contributed by atoms with Crippen molar-refractivity contribution in [2.24, 2.45) is 5.92 Å². The van der Waals surface area contributed by atoms with E-state index in [0.29, 0.717) is 12.2 Å². The Kier molecular flexibility index (Phi) is 3.87. The summed E-state index contributed by atoms with van der Waals surface area (Å²) in [5.41, 5.74) is -0.785. The lowest BCUT2D eigenvalue weighted by atomic mass is 9.73. The average molecular weight is 320 g/mol. The molecule has 0 aromatic carbocycles. The maximum Gasteiger partial charge on any atom is 0.373 e. The number of hydrogen-bond acceptors (Lipinski definition) is 5. The third kappa shape index (κ3) is 2.50. The van der Waals surface area contributed by atoms with Crippen LogP contribution in [0.1, 0.15) is 48.9 Å². The molecule has 7 heteroatoms. The highest BCUT2D eigenvalue weighted by Crippen LogP contribution is 2.38. The summed E-state index contributed by atoms with van der Waals surface area (Å²) in [5, 5.41) is 2.88. The van der Waals surface area contributed by atoms with E-state index in [1.165, 1.54) is 18.1 Å². The van der Waals surface area contributed by atoms with E-state index in [1.807, 2.05) is 6.92 Å². The van der Waals surface area contributed by atoms with Gasteiger partial charge in [-0.25, -0.2) is 9.59 Å². The van der Waals surface area contributed by atoms with Crippen LogP contribution in [0.15, 0.2) is 16.5 Å². The van der Waals surface area contributed by atoms with Crippen molar-refractivity contribution in [1.29, 1.82) is 0 Å². The normalized spacial score (nSPS) is 27.4. The maximum atomic E-state index is 12.8. The number of furan rings is 1. The maximum absolute atomic E-state index is 12.8. The van der Waals surface area contributed by atoms with E-state index < -0.39 is 17.5 Å². The second-order valence-electron chi connectivity index (χ2n) is 6.20. The fourth-order valence-corrected chi connectivity index (χ4v) is 3.47. The van der Waals surface area contributed by atoms with E-state index in [0.717, 1.165) is 19.3 Å². The standard InChI is InChI=1S/C16H20N2O5/c1-10-5-3-4-8-16(10)14(20)18(15(21)17-16)9-11-6-7-12(23-11)13(19)22-2/h6-7,10H,3-5,8-9H2,1-2H3,(H,17,21)/t10-,16+/m0/s1. The summed E-state index contributed by atoms with van der Waals surface area (Å²) >= 11 is 0. The van der Waals surface area contributed by atoms with Crippen LogP contribution < -0.4 is 5.32 Å². The summed E-state index contributed by atoms with van der Waals surface area (Å²) in [6.07, 6.45) is 3.60. The Bertz CT molecular complexity index is 653. The number of methoxy groups -OCH3 is 1. The minimum atomic E-state index is -0.785. The van der Waals surface area contributed by atoms with Crippen molar-refractivity contribution in [3.8, 4) is 0 Å². The minimum Gasteiger partial charge on any atom is -0.463 e. The van der Waals surface area contributed by atoms with Crippen LogP contribution in [0.4, 0.5) is 4.79 Å². The molecule has 2 atom stereocenters. The molecule has 2 aliphatic rings. The summed E-state index contributed by atoms with van der Waals surface area (Å²) in [6, 6.07) is 2.64. The van der Waals surface area contributed by atoms with Crippen molar-refractivity contribution >= 4 is 17.9 Å². The van der Waals surface area contributed by atoms with Gasteiger partial charge in [0.25, 0.3) is 5.91 Å². The fraction of sp³-hybridized carbons (Fsp3) is 0.562. The Morgan fingerprint density at radius 2 is 2.22 bits per heavy atom. The highest BCUT2D eigenvalue weighted by Gasteiger charge is 2.54. The first-order valence-corrected chi connectivity index (χ1v) is 7.79. The van der Waals surface area contributed by atoms with E-state index in [4.69, 9.17) is 4.42 Å². The number of carbonyl (C=O) groups excluding carboxylic acids is 3. The highest BCUT2D eigenvalue weighted by atomic mass is 16.5. The molecule has 0 bridgehead atoms. The van der Waals surface area contributed by atoms with E-state index in [2.05, 4.69) is 10.1 Å². The molecule has 3 amide bonds.